The molecule has 1 heterocycles. The van der Waals surface area contributed by atoms with Gasteiger partial charge in [-0.15, -0.1) is 0 Å². The van der Waals surface area contributed by atoms with Gasteiger partial charge in [0.15, 0.2) is 0 Å². The van der Waals surface area contributed by atoms with Gasteiger partial charge in [0.2, 0.25) is 6.33 Å². The third-order valence-electron chi connectivity index (χ3n) is 1.84. The molecule has 5 nitrogen and oxygen atoms in total. The Balaban J connectivity index is 0.000000385. The van der Waals surface area contributed by atoms with Crippen LogP contribution in [0.4, 0.5) is 0 Å². The summed E-state index contributed by atoms with van der Waals surface area (Å²) in [6.45, 7) is 3.39. The first-order valence-electron chi connectivity index (χ1n) is 5.24. The smallest absolute Gasteiger partial charge is 0.243 e. The van der Waals surface area contributed by atoms with Crippen LogP contribution >= 0.6 is 0 Å². The van der Waals surface area contributed by atoms with E-state index in [1.54, 1.807) is 0 Å². The Morgan fingerprint density at radius 1 is 1.38 bits per heavy atom. The molecule has 0 bridgehead atoms. The molecule has 16 heavy (non-hydrogen) atoms. The third kappa shape index (κ3) is 11.2. The lowest BCUT2D eigenvalue weighted by molar-refractivity contribution is -0.696. The molecule has 0 saturated heterocycles. The van der Waals surface area contributed by atoms with Crippen LogP contribution in [-0.2, 0) is 23.7 Å². The van der Waals surface area contributed by atoms with Crippen LogP contribution in [0.3, 0.4) is 0 Å². The van der Waals surface area contributed by atoms with Crippen LogP contribution in [0.25, 0.3) is 0 Å². The molecule has 1 rings (SSSR count). The van der Waals surface area contributed by atoms with Crippen molar-refractivity contribution in [2.45, 2.75) is 32.7 Å². The normalized spacial score (nSPS) is 10.8. The van der Waals surface area contributed by atoms with Gasteiger partial charge in [0.1, 0.15) is 12.4 Å². The summed E-state index contributed by atoms with van der Waals surface area (Å²) in [5.41, 5.74) is 0. The first-order valence-corrected chi connectivity index (χ1v) is 7.06. The van der Waals surface area contributed by atoms with E-state index in [-0.39, 0.29) is 0 Å². The number of hydrogen-bond acceptors (Lipinski definition) is 3. The number of aryl methyl sites for hydroxylation is 2. The quantitative estimate of drug-likeness (QED) is 0.447. The zero-order chi connectivity index (χ0) is 12.6. The minimum Gasteiger partial charge on any atom is -0.748 e. The minimum atomic E-state index is -3.92. The summed E-state index contributed by atoms with van der Waals surface area (Å²) in [4.78, 5) is 0. The Bertz CT molecular complexity index is 377. The van der Waals surface area contributed by atoms with E-state index in [2.05, 4.69) is 41.8 Å². The van der Waals surface area contributed by atoms with Gasteiger partial charge < -0.3 is 4.55 Å². The SMILES string of the molecule is CCCCC[n+]1ccn(C)c1.CS(=O)(=O)[O-]. The Hall–Kier alpha value is -0.880. The Morgan fingerprint density at radius 2 is 1.94 bits per heavy atom. The van der Waals surface area contributed by atoms with E-state index in [4.69, 9.17) is 13.0 Å². The van der Waals surface area contributed by atoms with Gasteiger partial charge >= 0.3 is 0 Å². The van der Waals surface area contributed by atoms with E-state index in [1.165, 1.54) is 19.3 Å². The lowest BCUT2D eigenvalue weighted by atomic mass is 10.2. The molecule has 0 N–H and O–H groups in total. The predicted molar refractivity (Wildman–Crippen MR) is 60.8 cm³/mol. The first-order chi connectivity index (χ1) is 7.33. The molecule has 1 aromatic heterocycles. The van der Waals surface area contributed by atoms with Crippen molar-refractivity contribution >= 4 is 10.1 Å². The van der Waals surface area contributed by atoms with Gasteiger partial charge in [-0.1, -0.05) is 13.3 Å². The molecule has 0 radical (unpaired) electrons. The molecule has 0 amide bonds. The number of hydrogen-bond donors (Lipinski definition) is 0. The largest absolute Gasteiger partial charge is 0.748 e. The highest BCUT2D eigenvalue weighted by Gasteiger charge is 1.97. The second kappa shape index (κ2) is 7.40. The van der Waals surface area contributed by atoms with Gasteiger partial charge in [0.25, 0.3) is 0 Å². The van der Waals surface area contributed by atoms with Crippen LogP contribution in [0.5, 0.6) is 0 Å². The maximum absolute atomic E-state index is 9.08. The van der Waals surface area contributed by atoms with Crippen molar-refractivity contribution in [3.63, 3.8) is 0 Å². The molecule has 1 aromatic rings. The Kier molecular flexibility index (Phi) is 7.00. The van der Waals surface area contributed by atoms with Crippen molar-refractivity contribution in [1.29, 1.82) is 0 Å². The fraction of sp³-hybridized carbons (Fsp3) is 0.700. The topological polar surface area (TPSA) is 66.0 Å². The number of aromatic nitrogens is 2. The highest BCUT2D eigenvalue weighted by atomic mass is 32.2. The maximum Gasteiger partial charge on any atom is 0.243 e. The molecule has 94 valence electrons. The van der Waals surface area contributed by atoms with Gasteiger partial charge in [0.05, 0.1) is 23.7 Å². The van der Waals surface area contributed by atoms with Crippen molar-refractivity contribution in [2.24, 2.45) is 7.05 Å². The van der Waals surface area contributed by atoms with Gasteiger partial charge in [-0.25, -0.2) is 17.6 Å². The highest BCUT2D eigenvalue weighted by Crippen LogP contribution is 1.92. The lowest BCUT2D eigenvalue weighted by Gasteiger charge is -1.93. The average molecular weight is 248 g/mol. The molecule has 6 heteroatoms. The third-order valence-corrected chi connectivity index (χ3v) is 1.84. The summed E-state index contributed by atoms with van der Waals surface area (Å²) < 4.78 is 31.5. The summed E-state index contributed by atoms with van der Waals surface area (Å²) in [5, 5.41) is 0. The molecule has 0 aliphatic heterocycles. The molecule has 0 aliphatic carbocycles. The number of imidazole rings is 1. The van der Waals surface area contributed by atoms with Crippen molar-refractivity contribution in [3.05, 3.63) is 18.7 Å². The average Bonchev–Trinajstić information content (AvgIpc) is 2.49. The molecular weight excluding hydrogens is 228 g/mol. The molecule has 0 spiro atoms. The van der Waals surface area contributed by atoms with Gasteiger partial charge in [0, 0.05) is 6.26 Å². The summed E-state index contributed by atoms with van der Waals surface area (Å²) in [6.07, 6.45) is 10.9. The predicted octanol–water partition coefficient (Wildman–Crippen LogP) is 0.664. The minimum absolute atomic E-state index is 0.604. The molecule has 0 unspecified atom stereocenters. The van der Waals surface area contributed by atoms with E-state index in [1.807, 2.05) is 0 Å². The Morgan fingerprint density at radius 3 is 2.31 bits per heavy atom. The van der Waals surface area contributed by atoms with Crippen LogP contribution in [0, 0.1) is 0 Å². The highest BCUT2D eigenvalue weighted by molar-refractivity contribution is 7.84. The number of rotatable bonds is 4. The van der Waals surface area contributed by atoms with E-state index in [9.17, 15) is 0 Å². The molecular formula is C10H20N2O3S. The van der Waals surface area contributed by atoms with E-state index in [0.29, 0.717) is 6.26 Å². The fourth-order valence-corrected chi connectivity index (χ4v) is 1.18. The summed E-state index contributed by atoms with van der Waals surface area (Å²) in [7, 11) is -1.86. The maximum atomic E-state index is 9.08. The van der Waals surface area contributed by atoms with E-state index in [0.717, 1.165) is 6.54 Å². The molecule has 0 aromatic carbocycles. The van der Waals surface area contributed by atoms with Crippen molar-refractivity contribution in [1.82, 2.24) is 4.57 Å². The Labute approximate surface area is 97.5 Å². The van der Waals surface area contributed by atoms with Crippen LogP contribution in [0.2, 0.25) is 0 Å². The van der Waals surface area contributed by atoms with Crippen molar-refractivity contribution < 1.29 is 17.5 Å². The van der Waals surface area contributed by atoms with Gasteiger partial charge in [-0.3, -0.25) is 0 Å². The van der Waals surface area contributed by atoms with E-state index < -0.39 is 10.1 Å². The van der Waals surface area contributed by atoms with Crippen LogP contribution < -0.4 is 4.57 Å². The number of nitrogens with zero attached hydrogens (tertiary/aromatic N) is 2. The number of unbranched alkanes of at least 4 members (excludes halogenated alkanes) is 2. The van der Waals surface area contributed by atoms with Crippen LogP contribution in [-0.4, -0.2) is 23.8 Å². The van der Waals surface area contributed by atoms with Gasteiger partial charge in [-0.2, -0.15) is 0 Å². The molecule has 0 saturated carbocycles. The van der Waals surface area contributed by atoms with Crippen LogP contribution in [0.15, 0.2) is 18.7 Å². The monoisotopic (exact) mass is 248 g/mol. The summed E-state index contributed by atoms with van der Waals surface area (Å²) in [5.74, 6) is 0. The second-order valence-corrected chi connectivity index (χ2v) is 5.14. The summed E-state index contributed by atoms with van der Waals surface area (Å²) in [6, 6.07) is 0. The first kappa shape index (κ1) is 15.1. The van der Waals surface area contributed by atoms with Gasteiger partial charge in [-0.05, 0) is 12.8 Å². The summed E-state index contributed by atoms with van der Waals surface area (Å²) >= 11 is 0. The lowest BCUT2D eigenvalue weighted by Crippen LogP contribution is -2.30. The molecule has 0 atom stereocenters. The molecule has 0 fully saturated rings. The fourth-order valence-electron chi connectivity index (χ4n) is 1.18. The molecule has 0 aliphatic rings. The zero-order valence-electron chi connectivity index (χ0n) is 10.1. The van der Waals surface area contributed by atoms with Crippen molar-refractivity contribution in [2.75, 3.05) is 6.26 Å². The van der Waals surface area contributed by atoms with Crippen LogP contribution in [0.1, 0.15) is 26.2 Å². The van der Waals surface area contributed by atoms with E-state index >= 15 is 0 Å². The standard InChI is InChI=1S/C9H17N2.CH4O3S/c1-3-4-5-6-11-8-7-10(2)9-11;1-5(2,3)4/h7-9H,3-6H2,1-2H3;1H3,(H,2,3,4)/q+1;/p-1. The zero-order valence-corrected chi connectivity index (χ0v) is 10.9. The van der Waals surface area contributed by atoms with Crippen molar-refractivity contribution in [3.8, 4) is 0 Å². The second-order valence-electron chi connectivity index (χ2n) is 3.73.